The average molecular weight is 1060 g/mol. The number of hydrogen-bond donors (Lipinski definition) is 0. The third-order valence-corrected chi connectivity index (χ3v) is 23.4. The molecule has 0 fully saturated rings. The minimum Gasteiger partial charge on any atom is -0.446 e. The molecule has 4 aromatic carbocycles. The van der Waals surface area contributed by atoms with Gasteiger partial charge in [0, 0.05) is 0 Å². The highest BCUT2D eigenvalue weighted by atomic mass is 28.4. The van der Waals surface area contributed by atoms with E-state index in [9.17, 15) is 0 Å². The second-order valence-electron chi connectivity index (χ2n) is 23.4. The maximum absolute atomic E-state index is 9.08. The van der Waals surface area contributed by atoms with Crippen LogP contribution in [0.1, 0.15) is 304 Å². The van der Waals surface area contributed by atoms with Crippen molar-refractivity contribution >= 4 is 38.8 Å². The standard InChI is InChI=1S/C72H118OSi2/c1-13-25-37-57-49-65(45-33-21-9)69(53-61(57)41-29-17-5)74(70-54-62(42-30-18-6)58(38-26-14-2)50-66(70)46-34-22-10)73-75(71-55-63(43-31-19-7)59(39-27-15-3)51-67(71)47-35-23-11)72-56-64(44-32-20-8)60(40-28-16-4)52-68(72)48-36-24-12/h49-56,74-75H,13-48H2,1-12H3. The molecule has 3 heteroatoms. The van der Waals surface area contributed by atoms with Gasteiger partial charge in [0.15, 0.2) is 0 Å². The van der Waals surface area contributed by atoms with E-state index in [1.807, 2.05) is 0 Å². The molecular formula is C72H118OSi2. The Morgan fingerprint density at radius 1 is 0.200 bits per heavy atom. The Bertz CT molecular complexity index is 1880. The van der Waals surface area contributed by atoms with E-state index in [0.717, 1.165) is 25.7 Å². The van der Waals surface area contributed by atoms with Gasteiger partial charge in [-0.3, -0.25) is 0 Å². The highest BCUT2D eigenvalue weighted by molar-refractivity contribution is 6.92. The molecule has 0 saturated heterocycles. The van der Waals surface area contributed by atoms with Crippen molar-refractivity contribution in [1.29, 1.82) is 0 Å². The number of hydrogen-bond acceptors (Lipinski definition) is 1. The van der Waals surface area contributed by atoms with E-state index in [2.05, 4.69) is 132 Å². The van der Waals surface area contributed by atoms with Crippen LogP contribution in [0.3, 0.4) is 0 Å². The van der Waals surface area contributed by atoms with E-state index in [-0.39, 0.29) is 0 Å². The van der Waals surface area contributed by atoms with Crippen LogP contribution >= 0.6 is 0 Å². The van der Waals surface area contributed by atoms with Crippen LogP contribution in [0.5, 0.6) is 0 Å². The molecule has 0 spiro atoms. The van der Waals surface area contributed by atoms with E-state index in [1.54, 1.807) is 87.5 Å². The number of aryl methyl sites for hydroxylation is 12. The van der Waals surface area contributed by atoms with Gasteiger partial charge in [-0.2, -0.15) is 0 Å². The van der Waals surface area contributed by atoms with Gasteiger partial charge < -0.3 is 4.12 Å². The first-order chi connectivity index (χ1) is 36.7. The van der Waals surface area contributed by atoms with Crippen LogP contribution in [0.4, 0.5) is 0 Å². The Kier molecular flexibility index (Phi) is 32.8. The van der Waals surface area contributed by atoms with Gasteiger partial charge in [0.25, 0.3) is 0 Å². The molecule has 1 nitrogen and oxygen atoms in total. The lowest BCUT2D eigenvalue weighted by Gasteiger charge is -2.33. The molecule has 0 bridgehead atoms. The van der Waals surface area contributed by atoms with Crippen LogP contribution in [0.15, 0.2) is 48.5 Å². The summed E-state index contributed by atoms with van der Waals surface area (Å²) in [4.78, 5) is 0. The molecule has 0 aromatic heterocycles. The van der Waals surface area contributed by atoms with Crippen molar-refractivity contribution in [2.45, 2.75) is 314 Å². The first kappa shape index (κ1) is 64.8. The summed E-state index contributed by atoms with van der Waals surface area (Å²) in [6, 6.07) is 22.5. The average Bonchev–Trinajstić information content (AvgIpc) is 3.43. The summed E-state index contributed by atoms with van der Waals surface area (Å²) in [5.74, 6) is 0. The molecule has 0 radical (unpaired) electrons. The summed E-state index contributed by atoms with van der Waals surface area (Å²) in [5.41, 5.74) is 19.6. The molecule has 0 aliphatic carbocycles. The largest absolute Gasteiger partial charge is 0.446 e. The Hall–Kier alpha value is -2.73. The second-order valence-corrected chi connectivity index (χ2v) is 28.5. The maximum Gasteiger partial charge on any atom is 0.229 e. The third kappa shape index (κ3) is 20.5. The monoisotopic (exact) mass is 1050 g/mol. The SMILES string of the molecule is CCCCc1cc(CCCC)c([SiH](O[SiH](c2cc(CCCC)c(CCCC)cc2CCCC)c2cc(CCCC)c(CCCC)cc2CCCC)c2cc(CCCC)c(CCCC)cc2CCCC)cc1CCCC. The molecule has 0 atom stereocenters. The zero-order valence-electron chi connectivity index (χ0n) is 51.6. The van der Waals surface area contributed by atoms with E-state index in [1.165, 1.54) is 205 Å². The van der Waals surface area contributed by atoms with Gasteiger partial charge in [-0.05, 0) is 242 Å². The molecule has 420 valence electrons. The first-order valence-electron chi connectivity index (χ1n) is 33.0. The fourth-order valence-electron chi connectivity index (χ4n) is 11.9. The van der Waals surface area contributed by atoms with Gasteiger partial charge in [-0.1, -0.05) is 209 Å². The van der Waals surface area contributed by atoms with Gasteiger partial charge in [0.05, 0.1) is 0 Å². The summed E-state index contributed by atoms with van der Waals surface area (Å²) in [6.45, 7) is 28.8. The van der Waals surface area contributed by atoms with Crippen molar-refractivity contribution in [3.05, 3.63) is 115 Å². The van der Waals surface area contributed by atoms with Crippen LogP contribution in [0.2, 0.25) is 0 Å². The van der Waals surface area contributed by atoms with Crippen molar-refractivity contribution in [3.63, 3.8) is 0 Å². The molecule has 75 heavy (non-hydrogen) atoms. The van der Waals surface area contributed by atoms with Crippen molar-refractivity contribution in [1.82, 2.24) is 0 Å². The van der Waals surface area contributed by atoms with Crippen molar-refractivity contribution in [2.75, 3.05) is 0 Å². The lowest BCUT2D eigenvalue weighted by atomic mass is 9.94. The van der Waals surface area contributed by atoms with Gasteiger partial charge in [-0.25, -0.2) is 0 Å². The van der Waals surface area contributed by atoms with Crippen LogP contribution in [0.25, 0.3) is 0 Å². The molecule has 0 unspecified atom stereocenters. The van der Waals surface area contributed by atoms with Gasteiger partial charge in [0.1, 0.15) is 0 Å². The second kappa shape index (κ2) is 38.0. The summed E-state index contributed by atoms with van der Waals surface area (Å²) in [6.07, 6.45) is 44.0. The van der Waals surface area contributed by atoms with Crippen molar-refractivity contribution in [3.8, 4) is 0 Å². The Morgan fingerprint density at radius 3 is 0.480 bits per heavy atom. The molecule has 0 aliphatic heterocycles. The fraction of sp³-hybridized carbons (Fsp3) is 0.667. The quantitative estimate of drug-likeness (QED) is 0.0402. The minimum absolute atomic E-state index is 1.16. The third-order valence-electron chi connectivity index (χ3n) is 16.8. The maximum atomic E-state index is 9.08. The number of rotatable bonds is 42. The van der Waals surface area contributed by atoms with Crippen molar-refractivity contribution in [2.24, 2.45) is 0 Å². The minimum atomic E-state index is -2.40. The van der Waals surface area contributed by atoms with Crippen LogP contribution in [-0.2, 0) is 81.2 Å². The van der Waals surface area contributed by atoms with E-state index >= 15 is 0 Å². The Labute approximate surface area is 469 Å². The summed E-state index contributed by atoms with van der Waals surface area (Å²) in [5, 5.41) is 6.59. The number of unbranched alkanes of at least 4 members (excludes halogenated alkanes) is 12. The highest BCUT2D eigenvalue weighted by Crippen LogP contribution is 2.26. The van der Waals surface area contributed by atoms with E-state index in [0.29, 0.717) is 0 Å². The molecule has 4 aromatic rings. The summed E-state index contributed by atoms with van der Waals surface area (Å²) in [7, 11) is -4.81. The topological polar surface area (TPSA) is 9.23 Å². The highest BCUT2D eigenvalue weighted by Gasteiger charge is 2.34. The normalized spacial score (nSPS) is 11.8. The summed E-state index contributed by atoms with van der Waals surface area (Å²) >= 11 is 0. The van der Waals surface area contributed by atoms with E-state index in [4.69, 9.17) is 4.12 Å². The Balaban J connectivity index is 2.37. The molecule has 0 heterocycles. The van der Waals surface area contributed by atoms with Crippen LogP contribution < -0.4 is 20.7 Å². The van der Waals surface area contributed by atoms with Crippen LogP contribution in [-0.4, -0.2) is 18.1 Å². The molecule has 0 N–H and O–H groups in total. The lowest BCUT2D eigenvalue weighted by molar-refractivity contribution is 0.628. The van der Waals surface area contributed by atoms with Crippen LogP contribution in [0, 0.1) is 0 Å². The van der Waals surface area contributed by atoms with Crippen molar-refractivity contribution < 1.29 is 4.12 Å². The van der Waals surface area contributed by atoms with Gasteiger partial charge >= 0.3 is 0 Å². The van der Waals surface area contributed by atoms with Gasteiger partial charge in [0.2, 0.25) is 18.1 Å². The number of benzene rings is 4. The molecule has 0 amide bonds. The van der Waals surface area contributed by atoms with E-state index < -0.39 is 18.1 Å². The first-order valence-corrected chi connectivity index (χ1v) is 36.2. The lowest BCUT2D eigenvalue weighted by Crippen LogP contribution is -2.59. The predicted octanol–water partition coefficient (Wildman–Crippen LogP) is 18.2. The summed E-state index contributed by atoms with van der Waals surface area (Å²) < 4.78 is 9.08. The smallest absolute Gasteiger partial charge is 0.229 e. The fourth-order valence-corrected chi connectivity index (χ4v) is 19.7. The zero-order chi connectivity index (χ0) is 54.2. The Morgan fingerprint density at radius 2 is 0.333 bits per heavy atom. The molecule has 0 saturated carbocycles. The zero-order valence-corrected chi connectivity index (χ0v) is 53.9. The van der Waals surface area contributed by atoms with Gasteiger partial charge in [-0.15, -0.1) is 0 Å². The molecule has 4 rings (SSSR count). The molecular weight excluding hydrogens is 937 g/mol. The molecule has 0 aliphatic rings. The predicted molar refractivity (Wildman–Crippen MR) is 343 cm³/mol.